The van der Waals surface area contributed by atoms with Gasteiger partial charge in [0.05, 0.1) is 0 Å². The number of nitrogens with one attached hydrogen (secondary N) is 2. The van der Waals surface area contributed by atoms with Crippen LogP contribution in [0.25, 0.3) is 0 Å². The molecule has 1 aliphatic heterocycles. The second-order valence-corrected chi connectivity index (χ2v) is 7.68. The molecule has 2 aromatic carbocycles. The molecular weight excluding hydrogens is 413 g/mol. The van der Waals surface area contributed by atoms with Gasteiger partial charge in [0.15, 0.2) is 0 Å². The number of carbonyl (C=O) groups excluding carboxylic acids is 3. The van der Waals surface area contributed by atoms with Crippen molar-refractivity contribution < 1.29 is 14.4 Å². The molecule has 2 N–H and O–H groups in total. The Hall–Kier alpha value is -2.57. The van der Waals surface area contributed by atoms with Crippen LogP contribution in [0.15, 0.2) is 42.5 Å². The Labute approximate surface area is 179 Å². The van der Waals surface area contributed by atoms with E-state index in [1.807, 2.05) is 19.1 Å². The van der Waals surface area contributed by atoms with Crippen LogP contribution in [0, 0.1) is 0 Å². The van der Waals surface area contributed by atoms with Gasteiger partial charge in [-0.1, -0.05) is 42.3 Å². The highest BCUT2D eigenvalue weighted by molar-refractivity contribution is 6.35. The molecule has 0 aromatic heterocycles. The van der Waals surface area contributed by atoms with Crippen molar-refractivity contribution in [3.63, 3.8) is 0 Å². The molecule has 1 unspecified atom stereocenters. The number of likely N-dealkylation sites (tertiary alicyclic amines) is 1. The van der Waals surface area contributed by atoms with Gasteiger partial charge in [-0.25, -0.2) is 0 Å². The van der Waals surface area contributed by atoms with E-state index in [2.05, 4.69) is 10.9 Å². The Balaban J connectivity index is 1.63. The SMILES string of the molecule is CCc1ccc(C(=O)NNC(=O)C2CCCN2C(=O)c2cc(Cl)cc(Cl)c2)cc1. The van der Waals surface area contributed by atoms with Gasteiger partial charge in [-0.15, -0.1) is 0 Å². The first kappa shape index (κ1) is 21.1. The molecule has 1 heterocycles. The Bertz CT molecular complexity index is 911. The average Bonchev–Trinajstić information content (AvgIpc) is 3.20. The molecule has 6 nitrogen and oxygen atoms in total. The summed E-state index contributed by atoms with van der Waals surface area (Å²) in [4.78, 5) is 39.1. The number of rotatable bonds is 4. The number of hydrazine groups is 1. The Morgan fingerprint density at radius 3 is 2.28 bits per heavy atom. The maximum atomic E-state index is 12.8. The monoisotopic (exact) mass is 433 g/mol. The summed E-state index contributed by atoms with van der Waals surface area (Å²) in [5, 5.41) is 0.699. The molecule has 0 saturated carbocycles. The van der Waals surface area contributed by atoms with Gasteiger partial charge < -0.3 is 4.90 Å². The van der Waals surface area contributed by atoms with Crippen molar-refractivity contribution in [2.24, 2.45) is 0 Å². The highest BCUT2D eigenvalue weighted by Gasteiger charge is 2.35. The van der Waals surface area contributed by atoms with Gasteiger partial charge in [0.25, 0.3) is 17.7 Å². The van der Waals surface area contributed by atoms with Crippen LogP contribution >= 0.6 is 23.2 Å². The lowest BCUT2D eigenvalue weighted by Gasteiger charge is -2.24. The van der Waals surface area contributed by atoms with Crippen molar-refractivity contribution >= 4 is 40.9 Å². The summed E-state index contributed by atoms with van der Waals surface area (Å²) >= 11 is 12.0. The molecule has 1 aliphatic rings. The molecule has 1 saturated heterocycles. The molecule has 8 heteroatoms. The van der Waals surface area contributed by atoms with Gasteiger partial charge in [-0.05, 0) is 55.2 Å². The van der Waals surface area contributed by atoms with Gasteiger partial charge >= 0.3 is 0 Å². The van der Waals surface area contributed by atoms with E-state index in [0.717, 1.165) is 12.0 Å². The third-order valence-corrected chi connectivity index (χ3v) is 5.29. The molecule has 2 aromatic rings. The van der Waals surface area contributed by atoms with Gasteiger partial charge in [-0.2, -0.15) is 0 Å². The quantitative estimate of drug-likeness (QED) is 0.722. The molecule has 1 atom stereocenters. The number of nitrogens with zero attached hydrogens (tertiary/aromatic N) is 1. The van der Waals surface area contributed by atoms with Crippen molar-refractivity contribution in [3.05, 3.63) is 69.2 Å². The first-order valence-electron chi connectivity index (χ1n) is 9.35. The summed E-state index contributed by atoms with van der Waals surface area (Å²) in [6, 6.07) is 11.0. The van der Waals surface area contributed by atoms with Crippen LogP contribution in [0.4, 0.5) is 0 Å². The van der Waals surface area contributed by atoms with Gasteiger partial charge in [0.2, 0.25) is 0 Å². The van der Waals surface area contributed by atoms with E-state index in [-0.39, 0.29) is 5.91 Å². The van der Waals surface area contributed by atoms with Crippen LogP contribution < -0.4 is 10.9 Å². The van der Waals surface area contributed by atoms with E-state index in [1.165, 1.54) is 23.1 Å². The molecule has 0 bridgehead atoms. The van der Waals surface area contributed by atoms with Crippen LogP contribution in [0.5, 0.6) is 0 Å². The van der Waals surface area contributed by atoms with E-state index in [9.17, 15) is 14.4 Å². The van der Waals surface area contributed by atoms with Crippen LogP contribution in [0.1, 0.15) is 46.0 Å². The predicted molar refractivity (Wildman–Crippen MR) is 112 cm³/mol. The fourth-order valence-corrected chi connectivity index (χ4v) is 3.82. The minimum Gasteiger partial charge on any atom is -0.327 e. The van der Waals surface area contributed by atoms with Gasteiger partial charge in [-0.3, -0.25) is 25.2 Å². The maximum Gasteiger partial charge on any atom is 0.269 e. The number of halogens is 2. The first-order valence-corrected chi connectivity index (χ1v) is 10.1. The molecule has 152 valence electrons. The normalized spacial score (nSPS) is 15.8. The average molecular weight is 434 g/mol. The molecule has 29 heavy (non-hydrogen) atoms. The maximum absolute atomic E-state index is 12.8. The van der Waals surface area contributed by atoms with E-state index in [4.69, 9.17) is 23.2 Å². The van der Waals surface area contributed by atoms with E-state index in [1.54, 1.807) is 12.1 Å². The zero-order valence-electron chi connectivity index (χ0n) is 15.9. The van der Waals surface area contributed by atoms with Crippen LogP contribution in [-0.4, -0.2) is 35.2 Å². The minimum absolute atomic E-state index is 0.322. The lowest BCUT2D eigenvalue weighted by molar-refractivity contribution is -0.125. The zero-order chi connectivity index (χ0) is 21.0. The highest BCUT2D eigenvalue weighted by atomic mass is 35.5. The predicted octanol–water partition coefficient (Wildman–Crippen LogP) is 3.62. The highest BCUT2D eigenvalue weighted by Crippen LogP contribution is 2.24. The van der Waals surface area contributed by atoms with Gasteiger partial charge in [0, 0.05) is 27.7 Å². The summed E-state index contributed by atoms with van der Waals surface area (Å²) in [6.07, 6.45) is 2.07. The summed E-state index contributed by atoms with van der Waals surface area (Å²) in [7, 11) is 0. The lowest BCUT2D eigenvalue weighted by atomic mass is 10.1. The third-order valence-electron chi connectivity index (χ3n) is 4.85. The summed E-state index contributed by atoms with van der Waals surface area (Å²) < 4.78 is 0. The fraction of sp³-hybridized carbons (Fsp3) is 0.286. The minimum atomic E-state index is -0.678. The number of carbonyl (C=O) groups is 3. The van der Waals surface area contributed by atoms with E-state index < -0.39 is 17.9 Å². The van der Waals surface area contributed by atoms with Crippen molar-refractivity contribution in [2.45, 2.75) is 32.2 Å². The van der Waals surface area contributed by atoms with Crippen molar-refractivity contribution in [1.29, 1.82) is 0 Å². The Morgan fingerprint density at radius 1 is 1.00 bits per heavy atom. The number of hydrogen-bond acceptors (Lipinski definition) is 3. The molecular formula is C21H21Cl2N3O3. The summed E-state index contributed by atoms with van der Waals surface area (Å²) in [5.41, 5.74) is 6.72. The standard InChI is InChI=1S/C21H21Cl2N3O3/c1-2-13-5-7-14(8-6-13)19(27)24-25-20(28)18-4-3-9-26(18)21(29)15-10-16(22)12-17(23)11-15/h5-8,10-12,18H,2-4,9H2,1H3,(H,24,27)(H,25,28). The summed E-state index contributed by atoms with van der Waals surface area (Å²) in [5.74, 6) is -1.19. The molecule has 1 fully saturated rings. The fourth-order valence-electron chi connectivity index (χ4n) is 3.29. The Morgan fingerprint density at radius 2 is 1.66 bits per heavy atom. The van der Waals surface area contributed by atoms with Crippen molar-refractivity contribution in [3.8, 4) is 0 Å². The van der Waals surface area contributed by atoms with E-state index in [0.29, 0.717) is 40.6 Å². The smallest absolute Gasteiger partial charge is 0.269 e. The lowest BCUT2D eigenvalue weighted by Crippen LogP contribution is -2.51. The molecule has 3 amide bonds. The van der Waals surface area contributed by atoms with Crippen molar-refractivity contribution in [1.82, 2.24) is 15.8 Å². The first-order chi connectivity index (χ1) is 13.9. The molecule has 0 aliphatic carbocycles. The topological polar surface area (TPSA) is 78.5 Å². The second kappa shape index (κ2) is 9.29. The van der Waals surface area contributed by atoms with Crippen LogP contribution in [0.3, 0.4) is 0 Å². The number of aryl methyl sites for hydroxylation is 1. The zero-order valence-corrected chi connectivity index (χ0v) is 17.4. The van der Waals surface area contributed by atoms with Crippen LogP contribution in [0.2, 0.25) is 10.0 Å². The second-order valence-electron chi connectivity index (χ2n) is 6.81. The number of amides is 3. The van der Waals surface area contributed by atoms with E-state index >= 15 is 0 Å². The number of hydrogen-bond donors (Lipinski definition) is 2. The molecule has 0 radical (unpaired) electrons. The van der Waals surface area contributed by atoms with Crippen molar-refractivity contribution in [2.75, 3.05) is 6.54 Å². The Kier molecular flexibility index (Phi) is 6.77. The molecule has 3 rings (SSSR count). The largest absolute Gasteiger partial charge is 0.327 e. The van der Waals surface area contributed by atoms with Crippen LogP contribution in [-0.2, 0) is 11.2 Å². The summed E-state index contributed by atoms with van der Waals surface area (Å²) in [6.45, 7) is 2.47. The molecule has 0 spiro atoms. The number of benzene rings is 2. The van der Waals surface area contributed by atoms with Gasteiger partial charge in [0.1, 0.15) is 6.04 Å². The third kappa shape index (κ3) is 5.08.